The van der Waals surface area contributed by atoms with Crippen LogP contribution in [-0.2, 0) is 17.1 Å². The van der Waals surface area contributed by atoms with Crippen molar-refractivity contribution in [3.63, 3.8) is 0 Å². The van der Waals surface area contributed by atoms with Crippen molar-refractivity contribution in [1.29, 1.82) is 0 Å². The number of hydrogen-bond donors (Lipinski definition) is 0. The highest BCUT2D eigenvalue weighted by Gasteiger charge is 2.36. The normalized spacial score (nSPS) is 17.5. The lowest BCUT2D eigenvalue weighted by molar-refractivity contribution is 0.333. The molecule has 6 nitrogen and oxygen atoms in total. The molecule has 0 amide bonds. The van der Waals surface area contributed by atoms with Gasteiger partial charge in [-0.2, -0.15) is 4.31 Å². The Kier molecular flexibility index (Phi) is 4.86. The molecular weight excluding hydrogens is 356 g/mol. The van der Waals surface area contributed by atoms with E-state index in [-0.39, 0.29) is 21.6 Å². The van der Waals surface area contributed by atoms with Crippen molar-refractivity contribution in [2.75, 3.05) is 12.4 Å². The van der Waals surface area contributed by atoms with Crippen LogP contribution in [0.4, 0.5) is 0 Å². The summed E-state index contributed by atoms with van der Waals surface area (Å²) in [5.41, 5.74) is 0. The summed E-state index contributed by atoms with van der Waals surface area (Å²) < 4.78 is 28.5. The van der Waals surface area contributed by atoms with E-state index in [4.69, 9.17) is 11.6 Å². The highest BCUT2D eigenvalue weighted by atomic mass is 79.9. The van der Waals surface area contributed by atoms with E-state index >= 15 is 0 Å². The summed E-state index contributed by atoms with van der Waals surface area (Å²) in [6.07, 6.45) is 3.89. The van der Waals surface area contributed by atoms with E-state index in [9.17, 15) is 8.42 Å². The molecule has 1 saturated carbocycles. The minimum atomic E-state index is -3.62. The summed E-state index contributed by atoms with van der Waals surface area (Å²) in [4.78, 5) is 0. The SMILES string of the molecule is Cn1nnc(Br)c1S(=O)(=O)N(CCCl)C1CCCC1. The predicted molar refractivity (Wildman–Crippen MR) is 75.6 cm³/mol. The minimum absolute atomic E-state index is 0.0329. The molecule has 9 heteroatoms. The zero-order valence-corrected chi connectivity index (χ0v) is 13.7. The molecule has 0 unspecified atom stereocenters. The van der Waals surface area contributed by atoms with Gasteiger partial charge in [-0.3, -0.25) is 0 Å². The number of alkyl halides is 1. The fourth-order valence-electron chi connectivity index (χ4n) is 2.48. The van der Waals surface area contributed by atoms with Gasteiger partial charge in [-0.05, 0) is 28.8 Å². The summed E-state index contributed by atoms with van der Waals surface area (Å²) in [6.45, 7) is 0.312. The van der Waals surface area contributed by atoms with Crippen molar-refractivity contribution in [3.05, 3.63) is 4.60 Å². The number of aromatic nitrogens is 3. The van der Waals surface area contributed by atoms with E-state index in [2.05, 4.69) is 26.2 Å². The van der Waals surface area contributed by atoms with E-state index in [1.807, 2.05) is 0 Å². The van der Waals surface area contributed by atoms with Crippen molar-refractivity contribution in [3.8, 4) is 0 Å². The Balaban J connectivity index is 2.39. The Morgan fingerprint density at radius 3 is 2.58 bits per heavy atom. The molecule has 0 aromatic carbocycles. The third-order valence-corrected chi connectivity index (χ3v) is 6.34. The van der Waals surface area contributed by atoms with Gasteiger partial charge in [-0.25, -0.2) is 13.1 Å². The van der Waals surface area contributed by atoms with Crippen molar-refractivity contribution in [1.82, 2.24) is 19.3 Å². The number of rotatable bonds is 5. The lowest BCUT2D eigenvalue weighted by Gasteiger charge is -2.27. The maximum atomic E-state index is 12.7. The molecular formula is C10H16BrClN4O2S. The van der Waals surface area contributed by atoms with Gasteiger partial charge in [0.1, 0.15) is 0 Å². The lowest BCUT2D eigenvalue weighted by atomic mass is 10.2. The average molecular weight is 372 g/mol. The van der Waals surface area contributed by atoms with E-state index in [1.165, 1.54) is 8.99 Å². The first-order valence-corrected chi connectivity index (χ1v) is 8.88. The van der Waals surface area contributed by atoms with Crippen molar-refractivity contribution < 1.29 is 8.42 Å². The highest BCUT2D eigenvalue weighted by Crippen LogP contribution is 2.30. The molecule has 0 aliphatic heterocycles. The largest absolute Gasteiger partial charge is 0.263 e. The molecule has 1 aliphatic carbocycles. The molecule has 1 aliphatic rings. The lowest BCUT2D eigenvalue weighted by Crippen LogP contribution is -2.41. The third kappa shape index (κ3) is 2.96. The highest BCUT2D eigenvalue weighted by molar-refractivity contribution is 9.10. The Morgan fingerprint density at radius 1 is 1.47 bits per heavy atom. The van der Waals surface area contributed by atoms with Gasteiger partial charge in [0, 0.05) is 25.5 Å². The molecule has 1 heterocycles. The second kappa shape index (κ2) is 6.07. The molecule has 0 radical (unpaired) electrons. The Labute approximate surface area is 126 Å². The Hall–Kier alpha value is -0.180. The van der Waals surface area contributed by atoms with Gasteiger partial charge in [0.25, 0.3) is 10.0 Å². The van der Waals surface area contributed by atoms with Gasteiger partial charge in [-0.1, -0.05) is 18.1 Å². The standard InChI is InChI=1S/C10H16BrClN4O2S/c1-15-10(9(11)13-14-15)19(17,18)16(7-6-12)8-4-2-3-5-8/h8H,2-7H2,1H3. The first-order chi connectivity index (χ1) is 8.98. The third-order valence-electron chi connectivity index (χ3n) is 3.33. The molecule has 0 spiro atoms. The quantitative estimate of drug-likeness (QED) is 0.740. The predicted octanol–water partition coefficient (Wildman–Crippen LogP) is 1.75. The van der Waals surface area contributed by atoms with Crippen LogP contribution in [0.2, 0.25) is 0 Å². The Bertz CT molecular complexity index is 522. The average Bonchev–Trinajstić information content (AvgIpc) is 2.96. The van der Waals surface area contributed by atoms with Crippen LogP contribution in [0.15, 0.2) is 9.63 Å². The first kappa shape index (κ1) is 15.2. The summed E-state index contributed by atoms with van der Waals surface area (Å²) >= 11 is 8.91. The fourth-order valence-corrected chi connectivity index (χ4v) is 5.49. The molecule has 2 rings (SSSR count). The molecule has 19 heavy (non-hydrogen) atoms. The number of nitrogens with zero attached hydrogens (tertiary/aromatic N) is 4. The zero-order chi connectivity index (χ0) is 14.0. The summed E-state index contributed by atoms with van der Waals surface area (Å²) in [6, 6.07) is 0.0329. The molecule has 108 valence electrons. The topological polar surface area (TPSA) is 68.1 Å². The van der Waals surface area contributed by atoms with Gasteiger partial charge in [0.05, 0.1) is 0 Å². The van der Waals surface area contributed by atoms with Crippen LogP contribution < -0.4 is 0 Å². The fraction of sp³-hybridized carbons (Fsp3) is 0.800. The van der Waals surface area contributed by atoms with Crippen LogP contribution in [0.3, 0.4) is 0 Å². The van der Waals surface area contributed by atoms with Crippen LogP contribution in [0, 0.1) is 0 Å². The maximum Gasteiger partial charge on any atom is 0.263 e. The van der Waals surface area contributed by atoms with Crippen molar-refractivity contribution >= 4 is 37.6 Å². The summed E-state index contributed by atoms with van der Waals surface area (Å²) in [5.74, 6) is 0.276. The van der Waals surface area contributed by atoms with E-state index in [1.54, 1.807) is 7.05 Å². The molecule has 0 N–H and O–H groups in total. The minimum Gasteiger partial charge on any atom is -0.235 e. The molecule has 0 saturated heterocycles. The first-order valence-electron chi connectivity index (χ1n) is 6.11. The van der Waals surface area contributed by atoms with Crippen LogP contribution in [-0.4, -0.2) is 46.2 Å². The van der Waals surface area contributed by atoms with Crippen LogP contribution >= 0.6 is 27.5 Å². The van der Waals surface area contributed by atoms with Gasteiger partial charge in [-0.15, -0.1) is 16.7 Å². The molecule has 1 aromatic heterocycles. The van der Waals surface area contributed by atoms with E-state index in [0.717, 1.165) is 25.7 Å². The van der Waals surface area contributed by atoms with Crippen LogP contribution in [0.25, 0.3) is 0 Å². The van der Waals surface area contributed by atoms with Crippen molar-refractivity contribution in [2.24, 2.45) is 7.05 Å². The number of aryl methyl sites for hydroxylation is 1. The molecule has 0 atom stereocenters. The second-order valence-electron chi connectivity index (χ2n) is 4.55. The second-order valence-corrected chi connectivity index (χ2v) is 7.49. The van der Waals surface area contributed by atoms with E-state index in [0.29, 0.717) is 6.54 Å². The summed E-state index contributed by atoms with van der Waals surface area (Å²) in [7, 11) is -2.06. The maximum absolute atomic E-state index is 12.7. The van der Waals surface area contributed by atoms with Gasteiger partial charge < -0.3 is 0 Å². The van der Waals surface area contributed by atoms with Crippen molar-refractivity contribution in [2.45, 2.75) is 36.8 Å². The zero-order valence-electron chi connectivity index (χ0n) is 10.6. The van der Waals surface area contributed by atoms with Gasteiger partial charge in [0.15, 0.2) is 4.60 Å². The van der Waals surface area contributed by atoms with Crippen LogP contribution in [0.1, 0.15) is 25.7 Å². The Morgan fingerprint density at radius 2 is 2.11 bits per heavy atom. The van der Waals surface area contributed by atoms with Crippen LogP contribution in [0.5, 0.6) is 0 Å². The number of hydrogen-bond acceptors (Lipinski definition) is 4. The van der Waals surface area contributed by atoms with E-state index < -0.39 is 10.0 Å². The monoisotopic (exact) mass is 370 g/mol. The molecule has 1 aromatic rings. The number of sulfonamides is 1. The number of halogens is 2. The summed E-state index contributed by atoms with van der Waals surface area (Å²) in [5, 5.41) is 7.56. The van der Waals surface area contributed by atoms with Gasteiger partial charge in [0.2, 0.25) is 5.03 Å². The molecule has 0 bridgehead atoms. The molecule has 1 fully saturated rings. The van der Waals surface area contributed by atoms with Gasteiger partial charge >= 0.3 is 0 Å². The smallest absolute Gasteiger partial charge is 0.235 e.